The molecule has 0 saturated carbocycles. The molecule has 0 radical (unpaired) electrons. The van der Waals surface area contributed by atoms with Crippen LogP contribution in [0.2, 0.25) is 0 Å². The number of carbonyl (C=O) groups excluding carboxylic acids is 1. The summed E-state index contributed by atoms with van der Waals surface area (Å²) < 4.78 is 0. The van der Waals surface area contributed by atoms with Gasteiger partial charge in [-0.05, 0) is 18.1 Å². The number of amides is 1. The van der Waals surface area contributed by atoms with E-state index in [1.54, 1.807) is 19.9 Å². The van der Waals surface area contributed by atoms with E-state index in [0.29, 0.717) is 5.69 Å². The first-order valence-electron chi connectivity index (χ1n) is 5.61. The largest absolute Gasteiger partial charge is 0.373 e. The number of nitrogens with one attached hydrogen (secondary N) is 1. The van der Waals surface area contributed by atoms with E-state index in [0.717, 1.165) is 0 Å². The number of rotatable bonds is 5. The highest BCUT2D eigenvalue weighted by Crippen LogP contribution is 2.23. The summed E-state index contributed by atoms with van der Waals surface area (Å²) >= 11 is 0. The average Bonchev–Trinajstić information content (AvgIpc) is 2.34. The van der Waals surface area contributed by atoms with Crippen LogP contribution in [0.15, 0.2) is 18.2 Å². The SMILES string of the molecule is CC(C)C(Nc1ccc(C#N)c([N+](=O)[O-])c1)C(N)=O. The Balaban J connectivity index is 3.10. The van der Waals surface area contributed by atoms with Crippen molar-refractivity contribution in [1.29, 1.82) is 5.26 Å². The minimum Gasteiger partial charge on any atom is -0.373 e. The molecule has 3 N–H and O–H groups in total. The van der Waals surface area contributed by atoms with Gasteiger partial charge in [0.2, 0.25) is 5.91 Å². The van der Waals surface area contributed by atoms with E-state index in [9.17, 15) is 14.9 Å². The summed E-state index contributed by atoms with van der Waals surface area (Å²) in [5.41, 5.74) is 5.29. The number of primary amides is 1. The zero-order valence-electron chi connectivity index (χ0n) is 10.6. The number of nitriles is 1. The zero-order chi connectivity index (χ0) is 14.6. The molecule has 0 spiro atoms. The number of anilines is 1. The van der Waals surface area contributed by atoms with Gasteiger partial charge >= 0.3 is 0 Å². The van der Waals surface area contributed by atoms with Gasteiger partial charge in [-0.3, -0.25) is 14.9 Å². The standard InChI is InChI=1S/C12H14N4O3/c1-7(2)11(12(14)17)15-9-4-3-8(6-13)10(5-9)16(18)19/h3-5,7,11,15H,1-2H3,(H2,14,17). The minimum absolute atomic E-state index is 0.0317. The van der Waals surface area contributed by atoms with Crippen molar-refractivity contribution in [2.24, 2.45) is 11.7 Å². The van der Waals surface area contributed by atoms with Gasteiger partial charge in [-0.15, -0.1) is 0 Å². The molecule has 0 fully saturated rings. The van der Waals surface area contributed by atoms with Gasteiger partial charge in [0, 0.05) is 11.8 Å². The molecule has 0 aliphatic carbocycles. The summed E-state index contributed by atoms with van der Waals surface area (Å²) in [7, 11) is 0. The molecule has 0 heterocycles. The van der Waals surface area contributed by atoms with E-state index in [1.807, 2.05) is 0 Å². The van der Waals surface area contributed by atoms with Crippen molar-refractivity contribution in [2.45, 2.75) is 19.9 Å². The fourth-order valence-electron chi connectivity index (χ4n) is 1.61. The van der Waals surface area contributed by atoms with E-state index in [-0.39, 0.29) is 17.2 Å². The van der Waals surface area contributed by atoms with Crippen molar-refractivity contribution in [3.63, 3.8) is 0 Å². The predicted molar refractivity (Wildman–Crippen MR) is 69.3 cm³/mol. The third kappa shape index (κ3) is 3.42. The lowest BCUT2D eigenvalue weighted by molar-refractivity contribution is -0.385. The minimum atomic E-state index is -0.640. The highest BCUT2D eigenvalue weighted by molar-refractivity contribution is 5.83. The second-order valence-electron chi connectivity index (χ2n) is 4.37. The quantitative estimate of drug-likeness (QED) is 0.613. The number of nitrogens with two attached hydrogens (primary N) is 1. The van der Waals surface area contributed by atoms with Crippen LogP contribution in [0, 0.1) is 27.4 Å². The molecule has 19 heavy (non-hydrogen) atoms. The van der Waals surface area contributed by atoms with E-state index in [4.69, 9.17) is 11.0 Å². The highest BCUT2D eigenvalue weighted by Gasteiger charge is 2.21. The first kappa shape index (κ1) is 14.4. The molecule has 100 valence electrons. The van der Waals surface area contributed by atoms with Crippen molar-refractivity contribution in [3.05, 3.63) is 33.9 Å². The molecule has 1 amide bonds. The zero-order valence-corrected chi connectivity index (χ0v) is 10.6. The lowest BCUT2D eigenvalue weighted by Crippen LogP contribution is -2.39. The maximum atomic E-state index is 11.3. The van der Waals surface area contributed by atoms with Crippen LogP contribution < -0.4 is 11.1 Å². The number of nitrogens with zero attached hydrogens (tertiary/aromatic N) is 2. The van der Waals surface area contributed by atoms with Crippen LogP contribution in [-0.2, 0) is 4.79 Å². The Kier molecular flexibility index (Phi) is 4.42. The molecular formula is C12H14N4O3. The number of hydrogen-bond donors (Lipinski definition) is 2. The van der Waals surface area contributed by atoms with Crippen molar-refractivity contribution in [2.75, 3.05) is 5.32 Å². The van der Waals surface area contributed by atoms with Gasteiger partial charge in [-0.2, -0.15) is 5.26 Å². The van der Waals surface area contributed by atoms with E-state index < -0.39 is 16.9 Å². The van der Waals surface area contributed by atoms with Crippen molar-refractivity contribution >= 4 is 17.3 Å². The lowest BCUT2D eigenvalue weighted by atomic mass is 10.0. The van der Waals surface area contributed by atoms with Gasteiger partial charge < -0.3 is 11.1 Å². The molecule has 7 nitrogen and oxygen atoms in total. The molecule has 0 saturated heterocycles. The van der Waals surface area contributed by atoms with Crippen molar-refractivity contribution in [3.8, 4) is 6.07 Å². The third-order valence-electron chi connectivity index (χ3n) is 2.61. The summed E-state index contributed by atoms with van der Waals surface area (Å²) in [6, 6.07) is 5.17. The Labute approximate surface area is 110 Å². The molecule has 1 unspecified atom stereocenters. The molecule has 0 aliphatic rings. The second kappa shape index (κ2) is 5.82. The van der Waals surface area contributed by atoms with Crippen LogP contribution in [0.4, 0.5) is 11.4 Å². The van der Waals surface area contributed by atoms with Crippen LogP contribution >= 0.6 is 0 Å². The molecule has 0 aliphatic heterocycles. The van der Waals surface area contributed by atoms with Crippen LogP contribution in [0.25, 0.3) is 0 Å². The van der Waals surface area contributed by atoms with Gasteiger partial charge in [-0.1, -0.05) is 13.8 Å². The van der Waals surface area contributed by atoms with Crippen molar-refractivity contribution < 1.29 is 9.72 Å². The molecule has 7 heteroatoms. The summed E-state index contributed by atoms with van der Waals surface area (Å²) in [6.45, 7) is 3.61. The Morgan fingerprint density at radius 2 is 2.16 bits per heavy atom. The second-order valence-corrected chi connectivity index (χ2v) is 4.37. The number of carbonyl (C=O) groups is 1. The lowest BCUT2D eigenvalue weighted by Gasteiger charge is -2.20. The number of nitro groups is 1. The maximum absolute atomic E-state index is 11.3. The molecule has 1 aromatic carbocycles. The molecular weight excluding hydrogens is 248 g/mol. The van der Waals surface area contributed by atoms with Gasteiger partial charge in [0.25, 0.3) is 5.69 Å². The Hall–Kier alpha value is -2.62. The number of nitro benzene ring substituents is 1. The fourth-order valence-corrected chi connectivity index (χ4v) is 1.61. The molecule has 0 bridgehead atoms. The molecule has 1 rings (SSSR count). The van der Waals surface area contributed by atoms with Crippen molar-refractivity contribution in [1.82, 2.24) is 0 Å². The summed E-state index contributed by atoms with van der Waals surface area (Å²) in [5.74, 6) is -0.603. The topological polar surface area (TPSA) is 122 Å². The Morgan fingerprint density at radius 3 is 2.58 bits per heavy atom. The van der Waals surface area contributed by atoms with Gasteiger partial charge in [-0.25, -0.2) is 0 Å². The maximum Gasteiger partial charge on any atom is 0.289 e. The molecule has 1 atom stereocenters. The Bertz CT molecular complexity index is 548. The van der Waals surface area contributed by atoms with Gasteiger partial charge in [0.15, 0.2) is 0 Å². The van der Waals surface area contributed by atoms with E-state index in [2.05, 4.69) is 5.32 Å². The average molecular weight is 262 g/mol. The summed E-state index contributed by atoms with van der Waals surface area (Å²) in [6.07, 6.45) is 0. The van der Waals surface area contributed by atoms with E-state index >= 15 is 0 Å². The predicted octanol–water partition coefficient (Wildman–Crippen LogP) is 1.39. The first-order chi connectivity index (χ1) is 8.86. The summed E-state index contributed by atoms with van der Waals surface area (Å²) in [5, 5.41) is 22.4. The smallest absolute Gasteiger partial charge is 0.289 e. The normalized spacial score (nSPS) is 11.7. The van der Waals surface area contributed by atoms with Crippen LogP contribution in [0.5, 0.6) is 0 Å². The number of benzene rings is 1. The molecule has 0 aromatic heterocycles. The van der Waals surface area contributed by atoms with Crippen LogP contribution in [-0.4, -0.2) is 16.9 Å². The fraction of sp³-hybridized carbons (Fsp3) is 0.333. The van der Waals surface area contributed by atoms with Crippen LogP contribution in [0.1, 0.15) is 19.4 Å². The van der Waals surface area contributed by atoms with E-state index in [1.165, 1.54) is 18.2 Å². The first-order valence-corrected chi connectivity index (χ1v) is 5.61. The highest BCUT2D eigenvalue weighted by atomic mass is 16.6. The van der Waals surface area contributed by atoms with Gasteiger partial charge in [0.1, 0.15) is 17.7 Å². The number of hydrogen-bond acceptors (Lipinski definition) is 5. The monoisotopic (exact) mass is 262 g/mol. The van der Waals surface area contributed by atoms with Gasteiger partial charge in [0.05, 0.1) is 4.92 Å². The molecule has 1 aromatic rings. The Morgan fingerprint density at radius 1 is 1.53 bits per heavy atom. The third-order valence-corrected chi connectivity index (χ3v) is 2.61. The van der Waals surface area contributed by atoms with Crippen LogP contribution in [0.3, 0.4) is 0 Å². The summed E-state index contributed by atoms with van der Waals surface area (Å²) in [4.78, 5) is 21.4.